The minimum atomic E-state index is -0.423. The second-order valence-corrected chi connectivity index (χ2v) is 5.36. The summed E-state index contributed by atoms with van der Waals surface area (Å²) in [5, 5.41) is 0. The Morgan fingerprint density at radius 2 is 1.82 bits per heavy atom. The highest BCUT2D eigenvalue weighted by Gasteiger charge is 2.07. The zero-order chi connectivity index (χ0) is 16.4. The number of ketones is 1. The van der Waals surface area contributed by atoms with Gasteiger partial charge < -0.3 is 4.57 Å². The zero-order valence-corrected chi connectivity index (χ0v) is 13.1. The molecule has 1 aromatic carbocycles. The second-order valence-electron chi connectivity index (χ2n) is 5.36. The molecule has 0 aliphatic rings. The van der Waals surface area contributed by atoms with Gasteiger partial charge in [-0.25, -0.2) is 4.79 Å². The topological polar surface area (TPSA) is 61.1 Å². The van der Waals surface area contributed by atoms with Crippen molar-refractivity contribution in [2.75, 3.05) is 0 Å². The van der Waals surface area contributed by atoms with Gasteiger partial charge in [0.25, 0.3) is 5.56 Å². The van der Waals surface area contributed by atoms with Gasteiger partial charge in [0.05, 0.1) is 5.56 Å². The van der Waals surface area contributed by atoms with Crippen molar-refractivity contribution >= 4 is 11.9 Å². The average molecular weight is 298 g/mol. The first-order valence-electron chi connectivity index (χ1n) is 6.87. The van der Waals surface area contributed by atoms with E-state index in [0.717, 1.165) is 15.7 Å². The molecule has 0 aliphatic heterocycles. The standard InChI is InChI=1S/C17H18N2O3/c1-11-5-7-14(12(2)9-11)15(20)8-6-13-10-18(3)17(22)19(4)16(13)21/h5-10H,1-4H3/b8-6+. The van der Waals surface area contributed by atoms with Gasteiger partial charge in [-0.05, 0) is 31.6 Å². The normalized spacial score (nSPS) is 11.1. The minimum Gasteiger partial charge on any atom is -0.303 e. The Kier molecular flexibility index (Phi) is 4.26. The lowest BCUT2D eigenvalue weighted by molar-refractivity contribution is 0.104. The number of carbonyl (C=O) groups is 1. The molecule has 0 N–H and O–H groups in total. The van der Waals surface area contributed by atoms with E-state index in [4.69, 9.17) is 0 Å². The summed E-state index contributed by atoms with van der Waals surface area (Å²) >= 11 is 0. The molecule has 0 atom stereocenters. The molecular weight excluding hydrogens is 280 g/mol. The van der Waals surface area contributed by atoms with Crippen LogP contribution in [0.3, 0.4) is 0 Å². The van der Waals surface area contributed by atoms with E-state index < -0.39 is 11.2 Å². The maximum absolute atomic E-state index is 12.2. The molecule has 2 aromatic rings. The molecule has 1 heterocycles. The summed E-state index contributed by atoms with van der Waals surface area (Å²) in [5.74, 6) is -0.173. The van der Waals surface area contributed by atoms with Crippen molar-refractivity contribution in [3.8, 4) is 0 Å². The molecule has 5 heteroatoms. The first-order valence-corrected chi connectivity index (χ1v) is 6.87. The number of rotatable bonds is 3. The van der Waals surface area contributed by atoms with Gasteiger partial charge in [-0.1, -0.05) is 23.8 Å². The van der Waals surface area contributed by atoms with Gasteiger partial charge in [-0.15, -0.1) is 0 Å². The summed E-state index contributed by atoms with van der Waals surface area (Å²) in [6, 6.07) is 5.59. The van der Waals surface area contributed by atoms with Crippen LogP contribution in [-0.4, -0.2) is 14.9 Å². The van der Waals surface area contributed by atoms with Crippen LogP contribution in [0.25, 0.3) is 6.08 Å². The van der Waals surface area contributed by atoms with Gasteiger partial charge in [0.1, 0.15) is 0 Å². The molecule has 0 unspecified atom stereocenters. The fourth-order valence-electron chi connectivity index (χ4n) is 2.30. The monoisotopic (exact) mass is 298 g/mol. The van der Waals surface area contributed by atoms with Crippen molar-refractivity contribution in [2.24, 2.45) is 14.1 Å². The molecule has 0 fully saturated rings. The molecule has 22 heavy (non-hydrogen) atoms. The fraction of sp³-hybridized carbons (Fsp3) is 0.235. The average Bonchev–Trinajstić information content (AvgIpc) is 2.47. The molecular formula is C17H18N2O3. The summed E-state index contributed by atoms with van der Waals surface area (Å²) in [6.07, 6.45) is 4.23. The Hall–Kier alpha value is -2.69. The summed E-state index contributed by atoms with van der Waals surface area (Å²) in [5.41, 5.74) is 2.05. The van der Waals surface area contributed by atoms with Crippen LogP contribution in [0.15, 0.2) is 40.1 Å². The first kappa shape index (κ1) is 15.7. The van der Waals surface area contributed by atoms with Crippen molar-refractivity contribution < 1.29 is 4.79 Å². The van der Waals surface area contributed by atoms with Crippen LogP contribution >= 0.6 is 0 Å². The summed E-state index contributed by atoms with van der Waals surface area (Å²) in [4.78, 5) is 35.8. The SMILES string of the molecule is Cc1ccc(C(=O)/C=C/c2cn(C)c(=O)n(C)c2=O)c(C)c1. The van der Waals surface area contributed by atoms with E-state index in [-0.39, 0.29) is 5.78 Å². The minimum absolute atomic E-state index is 0.173. The van der Waals surface area contributed by atoms with E-state index in [9.17, 15) is 14.4 Å². The number of carbonyl (C=O) groups excluding carboxylic acids is 1. The van der Waals surface area contributed by atoms with Crippen molar-refractivity contribution in [3.63, 3.8) is 0 Å². The van der Waals surface area contributed by atoms with E-state index in [1.54, 1.807) is 13.1 Å². The lowest BCUT2D eigenvalue weighted by Crippen LogP contribution is -2.37. The van der Waals surface area contributed by atoms with Crippen LogP contribution in [0.2, 0.25) is 0 Å². The van der Waals surface area contributed by atoms with Crippen molar-refractivity contribution in [2.45, 2.75) is 13.8 Å². The maximum Gasteiger partial charge on any atom is 0.330 e. The van der Waals surface area contributed by atoms with Crippen molar-refractivity contribution in [3.05, 3.63) is 73.6 Å². The molecule has 0 radical (unpaired) electrons. The predicted octanol–water partition coefficient (Wildman–Crippen LogP) is 1.60. The van der Waals surface area contributed by atoms with E-state index in [1.807, 2.05) is 26.0 Å². The van der Waals surface area contributed by atoms with E-state index >= 15 is 0 Å². The predicted molar refractivity (Wildman–Crippen MR) is 86.2 cm³/mol. The molecule has 0 saturated carbocycles. The maximum atomic E-state index is 12.2. The van der Waals surface area contributed by atoms with Crippen LogP contribution < -0.4 is 11.2 Å². The molecule has 2 rings (SSSR count). The van der Waals surface area contributed by atoms with Crippen LogP contribution in [-0.2, 0) is 14.1 Å². The number of aryl methyl sites for hydroxylation is 3. The highest BCUT2D eigenvalue weighted by molar-refractivity contribution is 6.07. The van der Waals surface area contributed by atoms with Gasteiger partial charge in [-0.3, -0.25) is 14.2 Å². The summed E-state index contributed by atoms with van der Waals surface area (Å²) in [7, 11) is 2.97. The Balaban J connectivity index is 2.39. The highest BCUT2D eigenvalue weighted by atomic mass is 16.2. The van der Waals surface area contributed by atoms with Gasteiger partial charge in [0.2, 0.25) is 0 Å². The van der Waals surface area contributed by atoms with Gasteiger partial charge in [0, 0.05) is 25.9 Å². The third-order valence-electron chi connectivity index (χ3n) is 3.53. The highest BCUT2D eigenvalue weighted by Crippen LogP contribution is 2.12. The first-order chi connectivity index (χ1) is 10.3. The Bertz CT molecular complexity index is 886. The molecule has 114 valence electrons. The number of hydrogen-bond acceptors (Lipinski definition) is 3. The molecule has 0 saturated heterocycles. The molecule has 1 aromatic heterocycles. The van der Waals surface area contributed by atoms with Crippen LogP contribution in [0.5, 0.6) is 0 Å². The van der Waals surface area contributed by atoms with Gasteiger partial charge >= 0.3 is 5.69 Å². The van der Waals surface area contributed by atoms with Gasteiger partial charge in [-0.2, -0.15) is 0 Å². The van der Waals surface area contributed by atoms with Crippen LogP contribution in [0, 0.1) is 13.8 Å². The van der Waals surface area contributed by atoms with Gasteiger partial charge in [0.15, 0.2) is 5.78 Å². The third kappa shape index (κ3) is 2.98. The Morgan fingerprint density at radius 1 is 1.14 bits per heavy atom. The third-order valence-corrected chi connectivity index (χ3v) is 3.53. The van der Waals surface area contributed by atoms with Crippen molar-refractivity contribution in [1.29, 1.82) is 0 Å². The van der Waals surface area contributed by atoms with E-state index in [0.29, 0.717) is 11.1 Å². The number of hydrogen-bond donors (Lipinski definition) is 0. The largest absolute Gasteiger partial charge is 0.330 e. The molecule has 0 spiro atoms. The number of aromatic nitrogens is 2. The number of nitrogens with zero attached hydrogens (tertiary/aromatic N) is 2. The smallest absolute Gasteiger partial charge is 0.303 e. The van der Waals surface area contributed by atoms with Crippen LogP contribution in [0.1, 0.15) is 27.0 Å². The number of benzene rings is 1. The molecule has 5 nitrogen and oxygen atoms in total. The second kappa shape index (κ2) is 5.97. The molecule has 0 bridgehead atoms. The quantitative estimate of drug-likeness (QED) is 0.639. The lowest BCUT2D eigenvalue weighted by Gasteiger charge is -2.04. The lowest BCUT2D eigenvalue weighted by atomic mass is 10.0. The fourth-order valence-corrected chi connectivity index (χ4v) is 2.30. The zero-order valence-electron chi connectivity index (χ0n) is 13.1. The molecule has 0 aliphatic carbocycles. The molecule has 0 amide bonds. The Morgan fingerprint density at radius 3 is 2.45 bits per heavy atom. The summed E-state index contributed by atoms with van der Waals surface area (Å²) < 4.78 is 2.32. The van der Waals surface area contributed by atoms with E-state index in [2.05, 4.69) is 0 Å². The number of allylic oxidation sites excluding steroid dienone is 1. The summed E-state index contributed by atoms with van der Waals surface area (Å²) in [6.45, 7) is 3.84. The van der Waals surface area contributed by atoms with Crippen LogP contribution in [0.4, 0.5) is 0 Å². The van der Waals surface area contributed by atoms with Crippen molar-refractivity contribution in [1.82, 2.24) is 9.13 Å². The van der Waals surface area contributed by atoms with E-state index in [1.165, 1.54) is 30.0 Å². The Labute approximate surface area is 128 Å².